The van der Waals surface area contributed by atoms with Crippen molar-refractivity contribution < 1.29 is 14.6 Å². The number of rotatable bonds is 0. The summed E-state index contributed by atoms with van der Waals surface area (Å²) in [6, 6.07) is 4.87. The molecule has 1 aromatic carbocycles. The minimum Gasteiger partial charge on any atom is -0.508 e. The van der Waals surface area contributed by atoms with E-state index in [2.05, 4.69) is 0 Å². The Morgan fingerprint density at radius 3 is 3.08 bits per heavy atom. The molecule has 13 heavy (non-hydrogen) atoms. The maximum absolute atomic E-state index is 11.0. The van der Waals surface area contributed by atoms with Gasteiger partial charge in [0.1, 0.15) is 11.5 Å². The van der Waals surface area contributed by atoms with Crippen LogP contribution in [0.1, 0.15) is 24.8 Å². The molecule has 0 spiro atoms. The van der Waals surface area contributed by atoms with Crippen molar-refractivity contribution in [1.82, 2.24) is 0 Å². The molecule has 0 saturated carbocycles. The molecule has 0 bridgehead atoms. The minimum absolute atomic E-state index is 0.126. The second-order valence-corrected chi connectivity index (χ2v) is 3.30. The number of esters is 1. The Balaban J connectivity index is 2.49. The van der Waals surface area contributed by atoms with Gasteiger partial charge in [-0.2, -0.15) is 0 Å². The second-order valence-electron chi connectivity index (χ2n) is 3.30. The lowest BCUT2D eigenvalue weighted by Crippen LogP contribution is -2.18. The quantitative estimate of drug-likeness (QED) is 0.486. The second kappa shape index (κ2) is 2.76. The first kappa shape index (κ1) is 8.10. The van der Waals surface area contributed by atoms with Gasteiger partial charge in [-0.15, -0.1) is 0 Å². The molecule has 0 radical (unpaired) electrons. The van der Waals surface area contributed by atoms with Crippen molar-refractivity contribution in [2.24, 2.45) is 0 Å². The molecule has 2 rings (SSSR count). The van der Waals surface area contributed by atoms with Crippen LogP contribution >= 0.6 is 0 Å². The van der Waals surface area contributed by atoms with Gasteiger partial charge in [-0.25, -0.2) is 0 Å². The van der Waals surface area contributed by atoms with E-state index in [0.717, 1.165) is 5.56 Å². The Morgan fingerprint density at radius 1 is 1.54 bits per heavy atom. The van der Waals surface area contributed by atoms with Gasteiger partial charge in [-0.1, -0.05) is 13.0 Å². The van der Waals surface area contributed by atoms with Crippen molar-refractivity contribution in [3.05, 3.63) is 23.8 Å². The Kier molecular flexibility index (Phi) is 1.72. The Bertz CT molecular complexity index is 357. The lowest BCUT2D eigenvalue weighted by Gasteiger charge is -2.20. The van der Waals surface area contributed by atoms with E-state index in [4.69, 9.17) is 9.84 Å². The highest BCUT2D eigenvalue weighted by Crippen LogP contribution is 2.35. The zero-order valence-electron chi connectivity index (χ0n) is 7.28. The van der Waals surface area contributed by atoms with Crippen LogP contribution < -0.4 is 4.74 Å². The number of fused-ring (bicyclic) bond motifs is 1. The van der Waals surface area contributed by atoms with Crippen LogP contribution in [0, 0.1) is 0 Å². The molecule has 0 aromatic heterocycles. The zero-order chi connectivity index (χ0) is 9.42. The van der Waals surface area contributed by atoms with Gasteiger partial charge in [0.25, 0.3) is 0 Å². The van der Waals surface area contributed by atoms with Gasteiger partial charge in [0.2, 0.25) is 0 Å². The van der Waals surface area contributed by atoms with Crippen LogP contribution in [-0.4, -0.2) is 11.1 Å². The first-order valence-corrected chi connectivity index (χ1v) is 4.20. The highest BCUT2D eigenvalue weighted by molar-refractivity contribution is 5.76. The van der Waals surface area contributed by atoms with Crippen molar-refractivity contribution in [3.8, 4) is 11.5 Å². The number of benzene rings is 1. The Labute approximate surface area is 76.0 Å². The largest absolute Gasteiger partial charge is 0.508 e. The van der Waals surface area contributed by atoms with E-state index in [1.54, 1.807) is 12.1 Å². The van der Waals surface area contributed by atoms with Gasteiger partial charge in [-0.3, -0.25) is 4.79 Å². The summed E-state index contributed by atoms with van der Waals surface area (Å²) in [7, 11) is 0. The molecule has 68 valence electrons. The fourth-order valence-corrected chi connectivity index (χ4v) is 1.54. The van der Waals surface area contributed by atoms with Crippen molar-refractivity contribution in [2.75, 3.05) is 0 Å². The molecule has 1 heterocycles. The zero-order valence-corrected chi connectivity index (χ0v) is 7.28. The van der Waals surface area contributed by atoms with Crippen molar-refractivity contribution in [1.29, 1.82) is 0 Å². The molecule has 1 aliphatic heterocycles. The van der Waals surface area contributed by atoms with Crippen LogP contribution in [0.25, 0.3) is 0 Å². The van der Waals surface area contributed by atoms with E-state index in [-0.39, 0.29) is 17.6 Å². The summed E-state index contributed by atoms with van der Waals surface area (Å²) in [4.78, 5) is 11.0. The first-order valence-electron chi connectivity index (χ1n) is 4.20. The SMILES string of the molecule is C[C@@H]1CC(=O)Oc2cc(O)ccc21. The average molecular weight is 178 g/mol. The van der Waals surface area contributed by atoms with Crippen molar-refractivity contribution >= 4 is 5.97 Å². The Morgan fingerprint density at radius 2 is 2.31 bits per heavy atom. The summed E-state index contributed by atoms with van der Waals surface area (Å²) in [6.07, 6.45) is 0.414. The predicted molar refractivity (Wildman–Crippen MR) is 46.8 cm³/mol. The number of aromatic hydroxyl groups is 1. The summed E-state index contributed by atoms with van der Waals surface area (Å²) in [5.74, 6) is 0.562. The summed E-state index contributed by atoms with van der Waals surface area (Å²) in [5.41, 5.74) is 0.984. The first-order chi connectivity index (χ1) is 6.16. The van der Waals surface area contributed by atoms with E-state index in [1.165, 1.54) is 6.07 Å². The van der Waals surface area contributed by atoms with Gasteiger partial charge >= 0.3 is 5.97 Å². The van der Waals surface area contributed by atoms with Gasteiger partial charge in [0.15, 0.2) is 0 Å². The maximum atomic E-state index is 11.0. The number of carbonyl (C=O) groups excluding carboxylic acids is 1. The standard InChI is InChI=1S/C10H10O3/c1-6-4-10(12)13-9-5-7(11)2-3-8(6)9/h2-3,5-6,11H,4H2,1H3/t6-/m1/s1. The summed E-state index contributed by atoms with van der Waals surface area (Å²) in [5, 5.41) is 9.17. The van der Waals surface area contributed by atoms with Crippen LogP contribution in [0.3, 0.4) is 0 Å². The van der Waals surface area contributed by atoms with Crippen LogP contribution in [-0.2, 0) is 4.79 Å². The van der Waals surface area contributed by atoms with Gasteiger partial charge in [0.05, 0.1) is 6.42 Å². The van der Waals surface area contributed by atoms with E-state index < -0.39 is 0 Å². The van der Waals surface area contributed by atoms with E-state index in [1.807, 2.05) is 6.92 Å². The molecule has 3 nitrogen and oxygen atoms in total. The molecule has 0 fully saturated rings. The highest BCUT2D eigenvalue weighted by Gasteiger charge is 2.23. The molecule has 1 atom stereocenters. The molecule has 1 aromatic rings. The number of ether oxygens (including phenoxy) is 1. The lowest BCUT2D eigenvalue weighted by atomic mass is 9.95. The van der Waals surface area contributed by atoms with Gasteiger partial charge < -0.3 is 9.84 Å². The third-order valence-electron chi connectivity index (χ3n) is 2.22. The molecule has 0 amide bonds. The third-order valence-corrected chi connectivity index (χ3v) is 2.22. The van der Waals surface area contributed by atoms with E-state index in [0.29, 0.717) is 12.2 Å². The maximum Gasteiger partial charge on any atom is 0.311 e. The minimum atomic E-state index is -0.231. The van der Waals surface area contributed by atoms with Crippen molar-refractivity contribution in [2.45, 2.75) is 19.3 Å². The van der Waals surface area contributed by atoms with Crippen LogP contribution in [0.4, 0.5) is 0 Å². The van der Waals surface area contributed by atoms with Crippen LogP contribution in [0.5, 0.6) is 11.5 Å². The molecule has 0 saturated heterocycles. The normalized spacial score (nSPS) is 20.7. The lowest BCUT2D eigenvalue weighted by molar-refractivity contribution is -0.135. The topological polar surface area (TPSA) is 46.5 Å². The van der Waals surface area contributed by atoms with Gasteiger partial charge in [0, 0.05) is 6.07 Å². The Hall–Kier alpha value is -1.51. The fourth-order valence-electron chi connectivity index (χ4n) is 1.54. The molecule has 1 N–H and O–H groups in total. The molecular weight excluding hydrogens is 168 g/mol. The van der Waals surface area contributed by atoms with E-state index >= 15 is 0 Å². The number of hydrogen-bond acceptors (Lipinski definition) is 3. The monoisotopic (exact) mass is 178 g/mol. The molecular formula is C10H10O3. The number of phenols is 1. The number of carbonyl (C=O) groups is 1. The molecule has 3 heteroatoms. The molecule has 0 unspecified atom stereocenters. The van der Waals surface area contributed by atoms with Crippen molar-refractivity contribution in [3.63, 3.8) is 0 Å². The summed E-state index contributed by atoms with van der Waals surface area (Å²) >= 11 is 0. The molecule has 1 aliphatic rings. The summed E-state index contributed by atoms with van der Waals surface area (Å²) < 4.78 is 4.98. The number of hydrogen-bond donors (Lipinski definition) is 1. The fraction of sp³-hybridized carbons (Fsp3) is 0.300. The predicted octanol–water partition coefficient (Wildman–Crippen LogP) is 1.80. The van der Waals surface area contributed by atoms with E-state index in [9.17, 15) is 4.79 Å². The van der Waals surface area contributed by atoms with Crippen LogP contribution in [0.15, 0.2) is 18.2 Å². The average Bonchev–Trinajstić information content (AvgIpc) is 2.02. The van der Waals surface area contributed by atoms with Gasteiger partial charge in [-0.05, 0) is 17.5 Å². The van der Waals surface area contributed by atoms with Crippen LogP contribution in [0.2, 0.25) is 0 Å². The smallest absolute Gasteiger partial charge is 0.311 e. The third kappa shape index (κ3) is 1.37. The molecule has 0 aliphatic carbocycles. The summed E-state index contributed by atoms with van der Waals surface area (Å²) in [6.45, 7) is 1.97. The highest BCUT2D eigenvalue weighted by atomic mass is 16.5. The number of phenolic OH excluding ortho intramolecular Hbond substituents is 1.